The minimum absolute atomic E-state index is 0.772. The van der Waals surface area contributed by atoms with Crippen molar-refractivity contribution in [2.75, 3.05) is 31.2 Å². The van der Waals surface area contributed by atoms with Gasteiger partial charge in [-0.1, -0.05) is 30.3 Å². The summed E-state index contributed by atoms with van der Waals surface area (Å²) in [5, 5.41) is 1.07. The van der Waals surface area contributed by atoms with E-state index in [4.69, 9.17) is 4.74 Å². The molecule has 0 spiro atoms. The van der Waals surface area contributed by atoms with Gasteiger partial charge in [-0.2, -0.15) is 0 Å². The number of benzene rings is 2. The van der Waals surface area contributed by atoms with E-state index in [1.807, 2.05) is 30.5 Å². The van der Waals surface area contributed by atoms with E-state index < -0.39 is 0 Å². The minimum atomic E-state index is 0.772. The predicted octanol–water partition coefficient (Wildman–Crippen LogP) is 3.13. The van der Waals surface area contributed by atoms with Crippen molar-refractivity contribution in [1.82, 2.24) is 9.97 Å². The van der Waals surface area contributed by atoms with Gasteiger partial charge in [0.15, 0.2) is 5.82 Å². The average Bonchev–Trinajstić information content (AvgIpc) is 2.62. The Labute approximate surface area is 129 Å². The summed E-state index contributed by atoms with van der Waals surface area (Å²) in [4.78, 5) is 11.5. The van der Waals surface area contributed by atoms with E-state index in [0.717, 1.165) is 48.6 Å². The molecule has 1 aromatic heterocycles. The first-order valence-corrected chi connectivity index (χ1v) is 7.55. The molecular formula is C18H17N3O. The van der Waals surface area contributed by atoms with Crippen molar-refractivity contribution in [1.29, 1.82) is 0 Å². The van der Waals surface area contributed by atoms with Gasteiger partial charge in [-0.15, -0.1) is 0 Å². The summed E-state index contributed by atoms with van der Waals surface area (Å²) < 4.78 is 5.42. The number of aromatic nitrogens is 2. The van der Waals surface area contributed by atoms with Crippen LogP contribution in [0.25, 0.3) is 22.3 Å². The van der Waals surface area contributed by atoms with Gasteiger partial charge in [0.1, 0.15) is 0 Å². The molecule has 1 fully saturated rings. The van der Waals surface area contributed by atoms with Crippen LogP contribution >= 0.6 is 0 Å². The molecule has 0 saturated carbocycles. The zero-order valence-electron chi connectivity index (χ0n) is 12.3. The number of rotatable bonds is 2. The van der Waals surface area contributed by atoms with Crippen LogP contribution in [0.5, 0.6) is 0 Å². The SMILES string of the molecule is c1cc(-c2ncc3ccccc3n2)cc(N2CCOCC2)c1. The van der Waals surface area contributed by atoms with Crippen LogP contribution in [-0.4, -0.2) is 36.3 Å². The molecule has 4 rings (SSSR count). The Morgan fingerprint density at radius 2 is 1.82 bits per heavy atom. The maximum atomic E-state index is 5.42. The monoisotopic (exact) mass is 291 g/mol. The molecule has 0 bridgehead atoms. The Morgan fingerprint density at radius 3 is 2.73 bits per heavy atom. The summed E-state index contributed by atoms with van der Waals surface area (Å²) in [6.45, 7) is 3.44. The molecule has 4 heteroatoms. The van der Waals surface area contributed by atoms with E-state index in [-0.39, 0.29) is 0 Å². The second kappa shape index (κ2) is 5.73. The quantitative estimate of drug-likeness (QED) is 0.727. The molecular weight excluding hydrogens is 274 g/mol. The Hall–Kier alpha value is -2.46. The summed E-state index contributed by atoms with van der Waals surface area (Å²) in [5.74, 6) is 0.772. The number of hydrogen-bond acceptors (Lipinski definition) is 4. The maximum absolute atomic E-state index is 5.42. The molecule has 0 unspecified atom stereocenters. The van der Waals surface area contributed by atoms with Crippen molar-refractivity contribution in [3.8, 4) is 11.4 Å². The number of para-hydroxylation sites is 1. The Balaban J connectivity index is 1.71. The molecule has 0 aliphatic carbocycles. The van der Waals surface area contributed by atoms with E-state index in [0.29, 0.717) is 0 Å². The highest BCUT2D eigenvalue weighted by Gasteiger charge is 2.12. The first-order chi connectivity index (χ1) is 10.9. The van der Waals surface area contributed by atoms with E-state index in [9.17, 15) is 0 Å². The van der Waals surface area contributed by atoms with Crippen LogP contribution in [0, 0.1) is 0 Å². The van der Waals surface area contributed by atoms with Crippen molar-refractivity contribution >= 4 is 16.6 Å². The molecule has 0 radical (unpaired) electrons. The Kier molecular flexibility index (Phi) is 3.45. The van der Waals surface area contributed by atoms with Gasteiger partial charge in [-0.05, 0) is 18.2 Å². The zero-order valence-corrected chi connectivity index (χ0v) is 12.3. The smallest absolute Gasteiger partial charge is 0.159 e. The molecule has 0 N–H and O–H groups in total. The topological polar surface area (TPSA) is 38.2 Å². The lowest BCUT2D eigenvalue weighted by molar-refractivity contribution is 0.122. The third-order valence-corrected chi connectivity index (χ3v) is 3.97. The number of hydrogen-bond donors (Lipinski definition) is 0. The van der Waals surface area contributed by atoms with E-state index >= 15 is 0 Å². The summed E-state index contributed by atoms with van der Waals surface area (Å²) in [7, 11) is 0. The van der Waals surface area contributed by atoms with Gasteiger partial charge < -0.3 is 9.64 Å². The molecule has 0 atom stereocenters. The van der Waals surface area contributed by atoms with Crippen LogP contribution in [0.3, 0.4) is 0 Å². The van der Waals surface area contributed by atoms with E-state index in [2.05, 4.69) is 39.1 Å². The lowest BCUT2D eigenvalue weighted by atomic mass is 10.1. The van der Waals surface area contributed by atoms with Crippen molar-refractivity contribution < 1.29 is 4.74 Å². The Morgan fingerprint density at radius 1 is 0.955 bits per heavy atom. The standard InChI is InChI=1S/C18H17N3O/c1-2-7-17-15(4-1)13-19-18(20-17)14-5-3-6-16(12-14)21-8-10-22-11-9-21/h1-7,12-13H,8-11H2. The second-order valence-electron chi connectivity index (χ2n) is 5.40. The van der Waals surface area contributed by atoms with Gasteiger partial charge in [0.05, 0.1) is 18.7 Å². The highest BCUT2D eigenvalue weighted by molar-refractivity contribution is 5.79. The van der Waals surface area contributed by atoms with E-state index in [1.165, 1.54) is 5.69 Å². The van der Waals surface area contributed by atoms with Crippen LogP contribution in [0.1, 0.15) is 0 Å². The third-order valence-electron chi connectivity index (χ3n) is 3.97. The van der Waals surface area contributed by atoms with Crippen molar-refractivity contribution in [3.63, 3.8) is 0 Å². The maximum Gasteiger partial charge on any atom is 0.159 e. The van der Waals surface area contributed by atoms with Gasteiger partial charge in [-0.25, -0.2) is 9.97 Å². The number of anilines is 1. The molecule has 2 heterocycles. The van der Waals surface area contributed by atoms with Gasteiger partial charge in [0, 0.05) is 35.9 Å². The average molecular weight is 291 g/mol. The highest BCUT2D eigenvalue weighted by atomic mass is 16.5. The highest BCUT2D eigenvalue weighted by Crippen LogP contribution is 2.24. The number of nitrogens with zero attached hydrogens (tertiary/aromatic N) is 3. The molecule has 1 aliphatic rings. The third kappa shape index (κ3) is 2.53. The molecule has 4 nitrogen and oxygen atoms in total. The zero-order chi connectivity index (χ0) is 14.8. The van der Waals surface area contributed by atoms with Gasteiger partial charge in [-0.3, -0.25) is 0 Å². The lowest BCUT2D eigenvalue weighted by Gasteiger charge is -2.29. The van der Waals surface area contributed by atoms with Gasteiger partial charge in [0.25, 0.3) is 0 Å². The predicted molar refractivity (Wildman–Crippen MR) is 88.0 cm³/mol. The fraction of sp³-hybridized carbons (Fsp3) is 0.222. The normalized spacial score (nSPS) is 15.2. The summed E-state index contributed by atoms with van der Waals surface area (Å²) >= 11 is 0. The Bertz CT molecular complexity index is 797. The largest absolute Gasteiger partial charge is 0.378 e. The fourth-order valence-corrected chi connectivity index (χ4v) is 2.77. The summed E-state index contributed by atoms with van der Waals surface area (Å²) in [6, 6.07) is 16.5. The van der Waals surface area contributed by atoms with Crippen LogP contribution in [-0.2, 0) is 4.74 Å². The molecule has 1 saturated heterocycles. The second-order valence-corrected chi connectivity index (χ2v) is 5.40. The number of fused-ring (bicyclic) bond motifs is 1. The van der Waals surface area contributed by atoms with Crippen LogP contribution in [0.4, 0.5) is 5.69 Å². The molecule has 1 aliphatic heterocycles. The summed E-state index contributed by atoms with van der Waals surface area (Å²) in [6.07, 6.45) is 1.89. The lowest BCUT2D eigenvalue weighted by Crippen LogP contribution is -2.36. The molecule has 2 aromatic carbocycles. The fourth-order valence-electron chi connectivity index (χ4n) is 2.77. The van der Waals surface area contributed by atoms with Gasteiger partial charge >= 0.3 is 0 Å². The molecule has 3 aromatic rings. The first kappa shape index (κ1) is 13.2. The molecule has 0 amide bonds. The first-order valence-electron chi connectivity index (χ1n) is 7.55. The van der Waals surface area contributed by atoms with Crippen LogP contribution in [0.2, 0.25) is 0 Å². The minimum Gasteiger partial charge on any atom is -0.378 e. The molecule has 22 heavy (non-hydrogen) atoms. The number of morpholine rings is 1. The molecule has 110 valence electrons. The van der Waals surface area contributed by atoms with Crippen molar-refractivity contribution in [3.05, 3.63) is 54.7 Å². The van der Waals surface area contributed by atoms with E-state index in [1.54, 1.807) is 0 Å². The number of ether oxygens (including phenoxy) is 1. The van der Waals surface area contributed by atoms with Crippen LogP contribution < -0.4 is 4.90 Å². The summed E-state index contributed by atoms with van der Waals surface area (Å²) in [5.41, 5.74) is 3.23. The van der Waals surface area contributed by atoms with Crippen molar-refractivity contribution in [2.24, 2.45) is 0 Å². The van der Waals surface area contributed by atoms with Crippen LogP contribution in [0.15, 0.2) is 54.7 Å². The van der Waals surface area contributed by atoms with Crippen molar-refractivity contribution in [2.45, 2.75) is 0 Å². The van der Waals surface area contributed by atoms with Gasteiger partial charge in [0.2, 0.25) is 0 Å².